The third-order valence-corrected chi connectivity index (χ3v) is 5.25. The number of benzene rings is 2. The molecule has 1 aliphatic rings. The smallest absolute Gasteiger partial charge is 0.254 e. The summed E-state index contributed by atoms with van der Waals surface area (Å²) in [4.78, 5) is 19.5. The van der Waals surface area contributed by atoms with E-state index in [1.807, 2.05) is 0 Å². The lowest BCUT2D eigenvalue weighted by Crippen LogP contribution is -2.30. The molecule has 3 aromatic rings. The van der Waals surface area contributed by atoms with Crippen LogP contribution >= 0.6 is 0 Å². The van der Waals surface area contributed by atoms with Gasteiger partial charge in [-0.2, -0.15) is 4.98 Å². The van der Waals surface area contributed by atoms with Crippen molar-refractivity contribution in [2.75, 3.05) is 27.9 Å². The Morgan fingerprint density at radius 1 is 1.10 bits per heavy atom. The van der Waals surface area contributed by atoms with Crippen LogP contribution in [0.4, 0.5) is 4.39 Å². The summed E-state index contributed by atoms with van der Waals surface area (Å²) >= 11 is 0. The van der Waals surface area contributed by atoms with E-state index in [9.17, 15) is 9.18 Å². The van der Waals surface area contributed by atoms with Gasteiger partial charge in [-0.15, -0.1) is 0 Å². The Morgan fingerprint density at radius 3 is 2.39 bits per heavy atom. The lowest BCUT2D eigenvalue weighted by molar-refractivity contribution is 0.0709. The van der Waals surface area contributed by atoms with E-state index in [1.165, 1.54) is 33.5 Å². The third-order valence-electron chi connectivity index (χ3n) is 5.25. The summed E-state index contributed by atoms with van der Waals surface area (Å²) in [6.45, 7) is 0.550. The SMILES string of the molecule is COc1cc(C(=O)N2CCC[C@H]2c2nc(-c3ccc(F)cc3)no2)cc(OC)c1OC. The Labute approximate surface area is 178 Å². The van der Waals surface area contributed by atoms with Gasteiger partial charge in [0.15, 0.2) is 11.5 Å². The van der Waals surface area contributed by atoms with Gasteiger partial charge in [-0.1, -0.05) is 5.16 Å². The van der Waals surface area contributed by atoms with Crippen molar-refractivity contribution < 1.29 is 27.9 Å². The average Bonchev–Trinajstić information content (AvgIpc) is 3.47. The largest absolute Gasteiger partial charge is 0.493 e. The average molecular weight is 427 g/mol. The maximum atomic E-state index is 13.3. The van der Waals surface area contributed by atoms with Gasteiger partial charge in [-0.3, -0.25) is 4.79 Å². The van der Waals surface area contributed by atoms with Crippen LogP contribution in [0.15, 0.2) is 40.9 Å². The van der Waals surface area contributed by atoms with Gasteiger partial charge in [0.25, 0.3) is 5.91 Å². The number of aromatic nitrogens is 2. The predicted octanol–water partition coefficient (Wildman–Crippen LogP) is 3.88. The molecule has 0 unspecified atom stereocenters. The van der Waals surface area contributed by atoms with Crippen LogP contribution in [0.5, 0.6) is 17.2 Å². The van der Waals surface area contributed by atoms with E-state index in [1.54, 1.807) is 29.2 Å². The second-order valence-electron chi connectivity index (χ2n) is 7.03. The van der Waals surface area contributed by atoms with E-state index in [0.717, 1.165) is 6.42 Å². The van der Waals surface area contributed by atoms with Crippen LogP contribution < -0.4 is 14.2 Å². The summed E-state index contributed by atoms with van der Waals surface area (Å²) in [6, 6.07) is 8.72. The van der Waals surface area contributed by atoms with E-state index < -0.39 is 0 Å². The third kappa shape index (κ3) is 3.90. The number of nitrogens with zero attached hydrogens (tertiary/aromatic N) is 3. The summed E-state index contributed by atoms with van der Waals surface area (Å²) in [7, 11) is 4.51. The Kier molecular flexibility index (Phi) is 5.75. The van der Waals surface area contributed by atoms with E-state index in [4.69, 9.17) is 18.7 Å². The molecule has 1 aliphatic heterocycles. The molecule has 1 fully saturated rings. The normalized spacial score (nSPS) is 15.7. The molecule has 0 radical (unpaired) electrons. The van der Waals surface area contributed by atoms with Crippen LogP contribution in [0, 0.1) is 5.82 Å². The van der Waals surface area contributed by atoms with Crippen molar-refractivity contribution in [2.24, 2.45) is 0 Å². The van der Waals surface area contributed by atoms with Crippen molar-refractivity contribution >= 4 is 5.91 Å². The molecule has 4 rings (SSSR count). The minimum absolute atomic E-state index is 0.205. The number of carbonyl (C=O) groups excluding carboxylic acids is 1. The van der Waals surface area contributed by atoms with Crippen LogP contribution in [0.25, 0.3) is 11.4 Å². The molecule has 9 heteroatoms. The Morgan fingerprint density at radius 2 is 1.77 bits per heavy atom. The van der Waals surface area contributed by atoms with Crippen molar-refractivity contribution in [3.8, 4) is 28.6 Å². The van der Waals surface area contributed by atoms with Crippen molar-refractivity contribution in [3.63, 3.8) is 0 Å². The molecule has 1 atom stereocenters. The molecular weight excluding hydrogens is 405 g/mol. The Bertz CT molecular complexity index is 1060. The number of hydrogen-bond donors (Lipinski definition) is 0. The number of rotatable bonds is 6. The van der Waals surface area contributed by atoms with Gasteiger partial charge in [0.05, 0.1) is 21.3 Å². The van der Waals surface area contributed by atoms with Gasteiger partial charge in [0.1, 0.15) is 11.9 Å². The summed E-state index contributed by atoms with van der Waals surface area (Å²) in [5.74, 6) is 1.36. The van der Waals surface area contributed by atoms with Crippen LogP contribution in [0.3, 0.4) is 0 Å². The fourth-order valence-electron chi connectivity index (χ4n) is 3.72. The molecule has 2 heterocycles. The number of halogens is 1. The van der Waals surface area contributed by atoms with Crippen LogP contribution in [0.2, 0.25) is 0 Å². The molecule has 8 nitrogen and oxygen atoms in total. The Balaban J connectivity index is 1.62. The molecule has 1 aromatic heterocycles. The van der Waals surface area contributed by atoms with E-state index in [0.29, 0.717) is 53.1 Å². The number of carbonyl (C=O) groups is 1. The predicted molar refractivity (Wildman–Crippen MR) is 109 cm³/mol. The zero-order chi connectivity index (χ0) is 22.0. The van der Waals surface area contributed by atoms with Crippen molar-refractivity contribution in [1.29, 1.82) is 0 Å². The lowest BCUT2D eigenvalue weighted by atomic mass is 10.1. The molecule has 162 valence electrons. The number of likely N-dealkylation sites (tertiary alicyclic amines) is 1. The first-order chi connectivity index (χ1) is 15.0. The quantitative estimate of drug-likeness (QED) is 0.590. The van der Waals surface area contributed by atoms with Gasteiger partial charge in [-0.25, -0.2) is 4.39 Å². The number of hydrogen-bond acceptors (Lipinski definition) is 7. The van der Waals surface area contributed by atoms with Gasteiger partial charge in [0.2, 0.25) is 17.5 Å². The first-order valence-corrected chi connectivity index (χ1v) is 9.76. The molecular formula is C22H22FN3O5. The maximum absolute atomic E-state index is 13.3. The van der Waals surface area contributed by atoms with Crippen LogP contribution in [0.1, 0.15) is 35.1 Å². The topological polar surface area (TPSA) is 86.9 Å². The van der Waals surface area contributed by atoms with E-state index in [2.05, 4.69) is 10.1 Å². The lowest BCUT2D eigenvalue weighted by Gasteiger charge is -2.23. The fraction of sp³-hybridized carbons (Fsp3) is 0.318. The zero-order valence-electron chi connectivity index (χ0n) is 17.4. The van der Waals surface area contributed by atoms with E-state index in [-0.39, 0.29) is 17.8 Å². The summed E-state index contributed by atoms with van der Waals surface area (Å²) < 4.78 is 34.7. The molecule has 2 aromatic carbocycles. The highest BCUT2D eigenvalue weighted by Crippen LogP contribution is 2.40. The fourth-order valence-corrected chi connectivity index (χ4v) is 3.72. The number of methoxy groups -OCH3 is 3. The molecule has 0 spiro atoms. The van der Waals surface area contributed by atoms with Gasteiger partial charge in [0, 0.05) is 17.7 Å². The van der Waals surface area contributed by atoms with Gasteiger partial charge < -0.3 is 23.6 Å². The number of amides is 1. The van der Waals surface area contributed by atoms with Crippen molar-refractivity contribution in [3.05, 3.63) is 53.7 Å². The minimum Gasteiger partial charge on any atom is -0.493 e. The summed E-state index contributed by atoms with van der Waals surface area (Å²) in [5.41, 5.74) is 1.04. The van der Waals surface area contributed by atoms with Crippen molar-refractivity contribution in [1.82, 2.24) is 15.0 Å². The van der Waals surface area contributed by atoms with Crippen molar-refractivity contribution in [2.45, 2.75) is 18.9 Å². The number of ether oxygens (including phenoxy) is 3. The molecule has 0 aliphatic carbocycles. The first-order valence-electron chi connectivity index (χ1n) is 9.76. The summed E-state index contributed by atoms with van der Waals surface area (Å²) in [5, 5.41) is 4.00. The molecule has 31 heavy (non-hydrogen) atoms. The second kappa shape index (κ2) is 8.63. The minimum atomic E-state index is -0.353. The highest BCUT2D eigenvalue weighted by atomic mass is 19.1. The van der Waals surface area contributed by atoms with Crippen LogP contribution in [-0.2, 0) is 0 Å². The van der Waals surface area contributed by atoms with Crippen LogP contribution in [-0.4, -0.2) is 48.8 Å². The highest BCUT2D eigenvalue weighted by Gasteiger charge is 2.35. The molecule has 0 N–H and O–H groups in total. The molecule has 0 bridgehead atoms. The highest BCUT2D eigenvalue weighted by molar-refractivity contribution is 5.96. The zero-order valence-corrected chi connectivity index (χ0v) is 17.4. The monoisotopic (exact) mass is 427 g/mol. The maximum Gasteiger partial charge on any atom is 0.254 e. The Hall–Kier alpha value is -3.62. The molecule has 1 amide bonds. The first kappa shape index (κ1) is 20.6. The summed E-state index contributed by atoms with van der Waals surface area (Å²) in [6.07, 6.45) is 1.50. The van der Waals surface area contributed by atoms with E-state index >= 15 is 0 Å². The molecule has 1 saturated heterocycles. The molecule has 0 saturated carbocycles. The standard InChI is InChI=1S/C22H22FN3O5/c1-28-17-11-14(12-18(29-2)19(17)30-3)22(27)26-10-4-5-16(26)21-24-20(25-31-21)13-6-8-15(23)9-7-13/h6-9,11-12,16H,4-5,10H2,1-3H3/t16-/m0/s1. The van der Waals surface area contributed by atoms with Gasteiger partial charge in [-0.05, 0) is 49.2 Å². The van der Waals surface area contributed by atoms with Gasteiger partial charge >= 0.3 is 0 Å². The second-order valence-corrected chi connectivity index (χ2v) is 7.03.